The molecule has 0 atom stereocenters. The average molecular weight is 392 g/mol. The maximum absolute atomic E-state index is 9.32. The molecule has 3 rings (SSSR count). The zero-order valence-corrected chi connectivity index (χ0v) is 14.8. The van der Waals surface area contributed by atoms with E-state index < -0.39 is 0 Å². The quantitative estimate of drug-likeness (QED) is 0.665. The van der Waals surface area contributed by atoms with Gasteiger partial charge in [-0.2, -0.15) is 0 Å². The fourth-order valence-electron chi connectivity index (χ4n) is 2.32. The molecule has 2 aromatic carbocycles. The van der Waals surface area contributed by atoms with Crippen molar-refractivity contribution < 1.29 is 7.90 Å². The first-order valence-corrected chi connectivity index (χ1v) is 9.15. The Kier molecular flexibility index (Phi) is 3.89. The number of phenolic OH excluding ortho intramolecular Hbond substituents is 1. The molecular formula is C18H18NOTe+. The predicted molar refractivity (Wildman–Crippen MR) is 88.6 cm³/mol. The van der Waals surface area contributed by atoms with Gasteiger partial charge in [-0.05, 0) is 0 Å². The Morgan fingerprint density at radius 3 is 2.38 bits per heavy atom. The number of hydrogen-bond acceptors (Lipinski definition) is 1. The van der Waals surface area contributed by atoms with Crippen LogP contribution >= 0.6 is 0 Å². The van der Waals surface area contributed by atoms with E-state index in [1.165, 1.54) is 25.6 Å². The zero-order chi connectivity index (χ0) is 15.0. The summed E-state index contributed by atoms with van der Waals surface area (Å²) in [6.07, 6.45) is 4.29. The van der Waals surface area contributed by atoms with Crippen LogP contribution in [0.4, 0.5) is 0 Å². The molecule has 0 saturated carbocycles. The van der Waals surface area contributed by atoms with E-state index in [9.17, 15) is 5.11 Å². The summed E-state index contributed by atoms with van der Waals surface area (Å²) >= 11 is -0.355. The van der Waals surface area contributed by atoms with Gasteiger partial charge in [0.1, 0.15) is 0 Å². The molecule has 0 unspecified atom stereocenters. The zero-order valence-electron chi connectivity index (χ0n) is 12.4. The SMILES string of the molecule is Cc1cc2[te][n+](C=Cc3ccc(O)cc3)c(C)c2cc1C. The second kappa shape index (κ2) is 5.67. The number of fused-ring (bicyclic) bond motifs is 1. The second-order valence-corrected chi connectivity index (χ2v) is 8.24. The fraction of sp³-hybridized carbons (Fsp3) is 0.167. The normalized spacial score (nSPS) is 11.6. The van der Waals surface area contributed by atoms with E-state index in [1.807, 2.05) is 12.1 Å². The Morgan fingerprint density at radius 2 is 1.67 bits per heavy atom. The minimum absolute atomic E-state index is 0.309. The Labute approximate surface area is 135 Å². The van der Waals surface area contributed by atoms with Gasteiger partial charge >= 0.3 is 135 Å². The van der Waals surface area contributed by atoms with Crippen molar-refractivity contribution in [3.8, 4) is 5.75 Å². The number of aromatic hydroxyl groups is 1. The molecule has 0 spiro atoms. The first kappa shape index (κ1) is 14.4. The summed E-state index contributed by atoms with van der Waals surface area (Å²) in [5.74, 6) is 0.309. The van der Waals surface area contributed by atoms with Crippen molar-refractivity contribution in [2.45, 2.75) is 20.8 Å². The number of nitrogens with zero attached hydrogens (tertiary/aromatic N) is 1. The van der Waals surface area contributed by atoms with Crippen molar-refractivity contribution in [3.63, 3.8) is 0 Å². The number of phenols is 1. The van der Waals surface area contributed by atoms with Gasteiger partial charge in [-0.1, -0.05) is 0 Å². The van der Waals surface area contributed by atoms with Crippen LogP contribution in [0.2, 0.25) is 0 Å². The van der Waals surface area contributed by atoms with E-state index >= 15 is 0 Å². The van der Waals surface area contributed by atoms with Crippen molar-refractivity contribution in [1.82, 2.24) is 0 Å². The molecule has 1 heterocycles. The molecule has 0 radical (unpaired) electrons. The standard InChI is InChI=1S/C18H17NOTe/c1-12-10-17-14(3)19(21-18(17)11-13(12)2)9-8-15-4-6-16(20)7-5-15/h4-11H,1-3H3/p+1. The van der Waals surface area contributed by atoms with Gasteiger partial charge in [0, 0.05) is 0 Å². The third kappa shape index (κ3) is 2.90. The number of aromatic nitrogens is 1. The first-order chi connectivity index (χ1) is 10.0. The summed E-state index contributed by atoms with van der Waals surface area (Å²) in [6, 6.07) is 12.0. The molecular weight excluding hydrogens is 374 g/mol. The van der Waals surface area contributed by atoms with E-state index in [1.54, 1.807) is 12.1 Å². The van der Waals surface area contributed by atoms with Crippen LogP contribution in [-0.4, -0.2) is 25.8 Å². The summed E-state index contributed by atoms with van der Waals surface area (Å²) in [5, 5.41) is 10.7. The third-order valence-corrected chi connectivity index (χ3v) is 7.02. The molecule has 1 N–H and O–H groups in total. The van der Waals surface area contributed by atoms with Gasteiger partial charge in [0.15, 0.2) is 0 Å². The molecule has 21 heavy (non-hydrogen) atoms. The summed E-state index contributed by atoms with van der Waals surface area (Å²) in [4.78, 5) is 0. The molecule has 0 saturated heterocycles. The molecule has 0 aliphatic heterocycles. The van der Waals surface area contributed by atoms with E-state index in [-0.39, 0.29) is 20.7 Å². The van der Waals surface area contributed by atoms with Gasteiger partial charge in [-0.3, -0.25) is 0 Å². The Morgan fingerprint density at radius 1 is 1.00 bits per heavy atom. The molecule has 3 heteroatoms. The molecule has 3 aromatic rings. The van der Waals surface area contributed by atoms with Crippen LogP contribution in [0.1, 0.15) is 22.4 Å². The van der Waals surface area contributed by atoms with Gasteiger partial charge in [-0.15, -0.1) is 0 Å². The average Bonchev–Trinajstić information content (AvgIpc) is 2.75. The minimum atomic E-state index is -0.355. The van der Waals surface area contributed by atoms with Gasteiger partial charge in [0.2, 0.25) is 0 Å². The van der Waals surface area contributed by atoms with Crippen LogP contribution in [0.15, 0.2) is 36.4 Å². The van der Waals surface area contributed by atoms with Crippen LogP contribution in [0.25, 0.3) is 21.1 Å². The number of hydrogen-bond donors (Lipinski definition) is 1. The van der Waals surface area contributed by atoms with E-state index in [4.69, 9.17) is 0 Å². The number of benzene rings is 2. The Bertz CT molecular complexity index is 829. The van der Waals surface area contributed by atoms with Gasteiger partial charge in [0.25, 0.3) is 0 Å². The van der Waals surface area contributed by atoms with Crippen LogP contribution in [-0.2, 0) is 0 Å². The van der Waals surface area contributed by atoms with Gasteiger partial charge in [0.05, 0.1) is 0 Å². The topological polar surface area (TPSA) is 24.1 Å². The summed E-state index contributed by atoms with van der Waals surface area (Å²) < 4.78 is 3.93. The van der Waals surface area contributed by atoms with Crippen LogP contribution in [0.5, 0.6) is 5.75 Å². The van der Waals surface area contributed by atoms with E-state index in [0.717, 1.165) is 5.56 Å². The number of aryl methyl sites for hydroxylation is 3. The second-order valence-electron chi connectivity index (χ2n) is 5.34. The van der Waals surface area contributed by atoms with Crippen LogP contribution < -0.4 is 2.79 Å². The maximum atomic E-state index is 9.32. The van der Waals surface area contributed by atoms with Crippen molar-refractivity contribution in [1.29, 1.82) is 0 Å². The van der Waals surface area contributed by atoms with Crippen molar-refractivity contribution in [3.05, 3.63) is 58.8 Å². The molecule has 106 valence electrons. The Hall–Kier alpha value is -1.56. The third-order valence-electron chi connectivity index (χ3n) is 3.81. The summed E-state index contributed by atoms with van der Waals surface area (Å²) in [5.41, 5.74) is 5.21. The molecule has 0 fully saturated rings. The summed E-state index contributed by atoms with van der Waals surface area (Å²) in [7, 11) is 0. The Balaban J connectivity index is 2.01. The fourth-order valence-corrected chi connectivity index (χ4v) is 5.47. The first-order valence-electron chi connectivity index (χ1n) is 6.94. The van der Waals surface area contributed by atoms with Gasteiger partial charge < -0.3 is 0 Å². The molecule has 0 bridgehead atoms. The van der Waals surface area contributed by atoms with E-state index in [0.29, 0.717) is 5.75 Å². The van der Waals surface area contributed by atoms with Crippen molar-refractivity contribution >= 4 is 41.8 Å². The monoisotopic (exact) mass is 394 g/mol. The predicted octanol–water partition coefficient (Wildman–Crippen LogP) is 3.44. The van der Waals surface area contributed by atoms with Crippen LogP contribution in [0.3, 0.4) is 0 Å². The van der Waals surface area contributed by atoms with E-state index in [2.05, 4.69) is 48.0 Å². The molecule has 0 amide bonds. The van der Waals surface area contributed by atoms with Crippen molar-refractivity contribution in [2.24, 2.45) is 0 Å². The molecule has 1 aromatic heterocycles. The molecule has 0 aliphatic rings. The van der Waals surface area contributed by atoms with Crippen molar-refractivity contribution in [2.75, 3.05) is 0 Å². The van der Waals surface area contributed by atoms with Crippen LogP contribution in [0, 0.1) is 20.8 Å². The number of rotatable bonds is 2. The molecule has 0 aliphatic carbocycles. The van der Waals surface area contributed by atoms with Gasteiger partial charge in [-0.25, -0.2) is 0 Å². The molecule has 2 nitrogen and oxygen atoms in total. The summed E-state index contributed by atoms with van der Waals surface area (Å²) in [6.45, 7) is 6.57.